The quantitative estimate of drug-likeness (QED) is 0.566. The molecule has 0 aliphatic carbocycles. The maximum atomic E-state index is 11.3. The standard InChI is InChI=1S/C9H16N2O/c1-11-7-9(6-8(11)12)4-2-3-5-10-9/h10H,2-7H2,1H3/t9-/m0/s1. The Bertz CT molecular complexity index is 197. The molecule has 2 aliphatic heterocycles. The van der Waals surface area contributed by atoms with Gasteiger partial charge >= 0.3 is 0 Å². The van der Waals surface area contributed by atoms with Gasteiger partial charge in [-0.05, 0) is 19.4 Å². The number of rotatable bonds is 0. The molecule has 68 valence electrons. The van der Waals surface area contributed by atoms with Crippen molar-refractivity contribution in [2.45, 2.75) is 31.2 Å². The van der Waals surface area contributed by atoms with Gasteiger partial charge in [-0.3, -0.25) is 4.79 Å². The monoisotopic (exact) mass is 168 g/mol. The maximum Gasteiger partial charge on any atom is 0.224 e. The Morgan fingerprint density at radius 3 is 2.83 bits per heavy atom. The van der Waals surface area contributed by atoms with Crippen LogP contribution in [0.3, 0.4) is 0 Å². The highest BCUT2D eigenvalue weighted by atomic mass is 16.2. The third-order valence-electron chi connectivity index (χ3n) is 3.04. The number of hydrogen-bond acceptors (Lipinski definition) is 2. The molecule has 3 nitrogen and oxygen atoms in total. The molecule has 1 spiro atoms. The Morgan fingerprint density at radius 2 is 2.33 bits per heavy atom. The summed E-state index contributed by atoms with van der Waals surface area (Å²) in [5.74, 6) is 0.296. The summed E-state index contributed by atoms with van der Waals surface area (Å²) in [6.07, 6.45) is 4.42. The summed E-state index contributed by atoms with van der Waals surface area (Å²) in [5.41, 5.74) is 0.143. The highest BCUT2D eigenvalue weighted by Crippen LogP contribution is 2.29. The van der Waals surface area contributed by atoms with Gasteiger partial charge in [0.25, 0.3) is 0 Å². The second-order valence-electron chi connectivity index (χ2n) is 4.09. The van der Waals surface area contributed by atoms with Gasteiger partial charge in [0, 0.05) is 25.6 Å². The molecular weight excluding hydrogens is 152 g/mol. The molecule has 0 unspecified atom stereocenters. The van der Waals surface area contributed by atoms with E-state index >= 15 is 0 Å². The van der Waals surface area contributed by atoms with E-state index in [1.807, 2.05) is 11.9 Å². The van der Waals surface area contributed by atoms with E-state index in [2.05, 4.69) is 5.32 Å². The van der Waals surface area contributed by atoms with E-state index in [1.165, 1.54) is 19.3 Å². The average Bonchev–Trinajstić information content (AvgIpc) is 2.29. The van der Waals surface area contributed by atoms with E-state index in [4.69, 9.17) is 0 Å². The molecular formula is C9H16N2O. The summed E-state index contributed by atoms with van der Waals surface area (Å²) in [6.45, 7) is 1.99. The number of nitrogens with one attached hydrogen (secondary N) is 1. The molecule has 0 aromatic carbocycles. The van der Waals surface area contributed by atoms with Gasteiger partial charge in [-0.2, -0.15) is 0 Å². The zero-order chi connectivity index (χ0) is 8.60. The van der Waals surface area contributed by atoms with Crippen LogP contribution in [0.1, 0.15) is 25.7 Å². The lowest BCUT2D eigenvalue weighted by atomic mass is 9.88. The van der Waals surface area contributed by atoms with Gasteiger partial charge in [0.2, 0.25) is 5.91 Å². The first-order valence-electron chi connectivity index (χ1n) is 4.71. The SMILES string of the molecule is CN1C[C@]2(CCCCN2)CC1=O. The normalized spacial score (nSPS) is 36.4. The van der Waals surface area contributed by atoms with E-state index in [9.17, 15) is 4.79 Å². The summed E-state index contributed by atoms with van der Waals surface area (Å²) in [6, 6.07) is 0. The minimum absolute atomic E-state index is 0.143. The van der Waals surface area contributed by atoms with Gasteiger partial charge in [0.15, 0.2) is 0 Å². The molecule has 2 fully saturated rings. The van der Waals surface area contributed by atoms with Crippen LogP contribution in [-0.2, 0) is 4.79 Å². The van der Waals surface area contributed by atoms with Crippen molar-refractivity contribution in [3.05, 3.63) is 0 Å². The Balaban J connectivity index is 2.07. The molecule has 2 rings (SSSR count). The fourth-order valence-electron chi connectivity index (χ4n) is 2.34. The lowest BCUT2D eigenvalue weighted by molar-refractivity contribution is -0.126. The molecule has 2 saturated heterocycles. The fourth-order valence-corrected chi connectivity index (χ4v) is 2.34. The topological polar surface area (TPSA) is 32.3 Å². The molecule has 1 N–H and O–H groups in total. The first-order chi connectivity index (χ1) is 5.72. The minimum atomic E-state index is 0.143. The number of piperidine rings is 1. The van der Waals surface area contributed by atoms with Crippen molar-refractivity contribution in [1.82, 2.24) is 10.2 Å². The van der Waals surface area contributed by atoms with Crippen LogP contribution in [0.4, 0.5) is 0 Å². The van der Waals surface area contributed by atoms with Crippen LogP contribution in [0, 0.1) is 0 Å². The predicted octanol–water partition coefficient (Wildman–Crippen LogP) is 0.361. The second kappa shape index (κ2) is 2.73. The highest BCUT2D eigenvalue weighted by molar-refractivity contribution is 5.80. The summed E-state index contributed by atoms with van der Waals surface area (Å²) in [5, 5.41) is 3.49. The zero-order valence-electron chi connectivity index (χ0n) is 7.60. The van der Waals surface area contributed by atoms with Gasteiger partial charge < -0.3 is 10.2 Å². The maximum absolute atomic E-state index is 11.3. The Morgan fingerprint density at radius 1 is 1.50 bits per heavy atom. The smallest absolute Gasteiger partial charge is 0.224 e. The number of carbonyl (C=O) groups is 1. The van der Waals surface area contributed by atoms with E-state index in [1.54, 1.807) is 0 Å². The van der Waals surface area contributed by atoms with Crippen LogP contribution in [0.25, 0.3) is 0 Å². The molecule has 1 atom stereocenters. The first kappa shape index (κ1) is 8.05. The lowest BCUT2D eigenvalue weighted by Gasteiger charge is -2.33. The molecule has 3 heteroatoms. The van der Waals surface area contributed by atoms with Gasteiger partial charge in [-0.25, -0.2) is 0 Å². The first-order valence-corrected chi connectivity index (χ1v) is 4.71. The summed E-state index contributed by atoms with van der Waals surface area (Å²) in [4.78, 5) is 13.2. The molecule has 0 aromatic heterocycles. The van der Waals surface area contributed by atoms with Crippen LogP contribution < -0.4 is 5.32 Å². The van der Waals surface area contributed by atoms with Crippen LogP contribution in [-0.4, -0.2) is 36.5 Å². The van der Waals surface area contributed by atoms with Crippen molar-refractivity contribution in [3.8, 4) is 0 Å². The Hall–Kier alpha value is -0.570. The zero-order valence-corrected chi connectivity index (χ0v) is 7.60. The number of likely N-dealkylation sites (tertiary alicyclic amines) is 1. The van der Waals surface area contributed by atoms with Crippen molar-refractivity contribution >= 4 is 5.91 Å². The number of amides is 1. The van der Waals surface area contributed by atoms with Crippen LogP contribution in [0.5, 0.6) is 0 Å². The summed E-state index contributed by atoms with van der Waals surface area (Å²) < 4.78 is 0. The summed E-state index contributed by atoms with van der Waals surface area (Å²) >= 11 is 0. The van der Waals surface area contributed by atoms with Crippen molar-refractivity contribution < 1.29 is 4.79 Å². The molecule has 2 heterocycles. The molecule has 0 saturated carbocycles. The van der Waals surface area contributed by atoms with Gasteiger partial charge in [-0.1, -0.05) is 6.42 Å². The van der Waals surface area contributed by atoms with Crippen LogP contribution in [0.2, 0.25) is 0 Å². The fraction of sp³-hybridized carbons (Fsp3) is 0.889. The number of hydrogen-bond donors (Lipinski definition) is 1. The second-order valence-corrected chi connectivity index (χ2v) is 4.09. The highest BCUT2D eigenvalue weighted by Gasteiger charge is 2.41. The third-order valence-corrected chi connectivity index (χ3v) is 3.04. The van der Waals surface area contributed by atoms with Gasteiger partial charge in [-0.15, -0.1) is 0 Å². The van der Waals surface area contributed by atoms with Crippen molar-refractivity contribution in [2.24, 2.45) is 0 Å². The lowest BCUT2D eigenvalue weighted by Crippen LogP contribution is -2.50. The van der Waals surface area contributed by atoms with E-state index < -0.39 is 0 Å². The van der Waals surface area contributed by atoms with E-state index in [-0.39, 0.29) is 5.54 Å². The predicted molar refractivity (Wildman–Crippen MR) is 46.8 cm³/mol. The Kier molecular flexibility index (Phi) is 1.83. The van der Waals surface area contributed by atoms with E-state index in [0.717, 1.165) is 13.1 Å². The molecule has 1 amide bonds. The minimum Gasteiger partial charge on any atom is -0.344 e. The number of likely N-dealkylation sites (N-methyl/N-ethyl adjacent to an activating group) is 1. The van der Waals surface area contributed by atoms with Crippen LogP contribution >= 0.6 is 0 Å². The summed E-state index contributed by atoms with van der Waals surface area (Å²) in [7, 11) is 1.90. The Labute approximate surface area is 73.1 Å². The van der Waals surface area contributed by atoms with E-state index in [0.29, 0.717) is 12.3 Å². The van der Waals surface area contributed by atoms with Crippen LogP contribution in [0.15, 0.2) is 0 Å². The van der Waals surface area contributed by atoms with Crippen molar-refractivity contribution in [1.29, 1.82) is 0 Å². The molecule has 0 aromatic rings. The number of carbonyl (C=O) groups excluding carboxylic acids is 1. The molecule has 0 radical (unpaired) electrons. The van der Waals surface area contributed by atoms with Gasteiger partial charge in [0.1, 0.15) is 0 Å². The average molecular weight is 168 g/mol. The molecule has 2 aliphatic rings. The molecule has 0 bridgehead atoms. The van der Waals surface area contributed by atoms with Gasteiger partial charge in [0.05, 0.1) is 0 Å². The number of nitrogens with zero attached hydrogens (tertiary/aromatic N) is 1. The molecule has 12 heavy (non-hydrogen) atoms. The largest absolute Gasteiger partial charge is 0.344 e. The van der Waals surface area contributed by atoms with Crippen molar-refractivity contribution in [3.63, 3.8) is 0 Å². The van der Waals surface area contributed by atoms with Crippen molar-refractivity contribution in [2.75, 3.05) is 20.1 Å². The third kappa shape index (κ3) is 1.22.